The minimum absolute atomic E-state index is 0.581. The fraction of sp³-hybridized carbons (Fsp3) is 1.00. The Kier molecular flexibility index (Phi) is 1.29. The maximum absolute atomic E-state index is 2.57. The van der Waals surface area contributed by atoms with E-state index in [0.29, 0.717) is 16.2 Å². The zero-order chi connectivity index (χ0) is 10.5. The van der Waals surface area contributed by atoms with Gasteiger partial charge in [-0.15, -0.1) is 0 Å². The van der Waals surface area contributed by atoms with Crippen molar-refractivity contribution in [1.29, 1.82) is 0 Å². The van der Waals surface area contributed by atoms with Crippen molar-refractivity contribution in [1.82, 2.24) is 0 Å². The first-order valence-electron chi connectivity index (χ1n) is 6.29. The van der Waals surface area contributed by atoms with E-state index < -0.39 is 0 Å². The third-order valence-corrected chi connectivity index (χ3v) is 7.64. The Bertz CT molecular complexity index is 303. The van der Waals surface area contributed by atoms with E-state index in [9.17, 15) is 0 Å². The normalized spacial score (nSPS) is 68.1. The van der Waals surface area contributed by atoms with Crippen molar-refractivity contribution in [2.24, 2.45) is 39.9 Å². The molecule has 0 amide bonds. The van der Waals surface area contributed by atoms with Crippen molar-refractivity contribution in [3.8, 4) is 0 Å². The van der Waals surface area contributed by atoms with E-state index in [1.165, 1.54) is 6.42 Å². The molecule has 0 aromatic rings. The summed E-state index contributed by atoms with van der Waals surface area (Å²) in [7, 11) is 0. The van der Waals surface area contributed by atoms with Gasteiger partial charge >= 0.3 is 0 Å². The molecule has 14 heavy (non-hydrogen) atoms. The summed E-state index contributed by atoms with van der Waals surface area (Å²) in [6.07, 6.45) is 1.51. The van der Waals surface area contributed by atoms with Crippen LogP contribution in [0, 0.1) is 39.9 Å². The maximum Gasteiger partial charge on any atom is -0.0179 e. The van der Waals surface area contributed by atoms with Crippen LogP contribution in [0.1, 0.15) is 48.0 Å². The van der Waals surface area contributed by atoms with Gasteiger partial charge in [0.1, 0.15) is 0 Å². The molecule has 80 valence electrons. The lowest BCUT2D eigenvalue weighted by Gasteiger charge is -2.89. The van der Waals surface area contributed by atoms with Gasteiger partial charge in [0.25, 0.3) is 0 Å². The summed E-state index contributed by atoms with van der Waals surface area (Å²) in [6, 6.07) is 0. The topological polar surface area (TPSA) is 0 Å². The standard InChI is InChI=1S/C14H24/c1-8-7-10-11-9(2)12(3,4)14(11,6)13(8,10)5/h8-11H,7H2,1-6H3. The van der Waals surface area contributed by atoms with Gasteiger partial charge in [0.05, 0.1) is 0 Å². The van der Waals surface area contributed by atoms with Gasteiger partial charge < -0.3 is 0 Å². The molecular formula is C14H24. The maximum atomic E-state index is 2.57. The van der Waals surface area contributed by atoms with Crippen LogP contribution in [0.4, 0.5) is 0 Å². The van der Waals surface area contributed by atoms with Crippen LogP contribution in [0.3, 0.4) is 0 Å². The quantitative estimate of drug-likeness (QED) is 0.545. The SMILES string of the molecule is CC1C2C3CC(C)C3(C)C2(C)C1(C)C. The van der Waals surface area contributed by atoms with E-state index in [4.69, 9.17) is 0 Å². The van der Waals surface area contributed by atoms with Crippen molar-refractivity contribution in [3.05, 3.63) is 0 Å². The first-order valence-corrected chi connectivity index (χ1v) is 6.29. The van der Waals surface area contributed by atoms with Gasteiger partial charge in [0.2, 0.25) is 0 Å². The molecular weight excluding hydrogens is 168 g/mol. The summed E-state index contributed by atoms with van der Waals surface area (Å²) in [5.74, 6) is 4.06. The second kappa shape index (κ2) is 1.95. The van der Waals surface area contributed by atoms with Crippen LogP contribution in [0.15, 0.2) is 0 Å². The fourth-order valence-corrected chi connectivity index (χ4v) is 5.96. The molecule has 0 heterocycles. The van der Waals surface area contributed by atoms with Gasteiger partial charge in [-0.25, -0.2) is 0 Å². The highest BCUT2D eigenvalue weighted by Gasteiger charge is 2.84. The highest BCUT2D eigenvalue weighted by atomic mass is 14.9. The molecule has 0 nitrogen and oxygen atoms in total. The number of fused-ring (bicyclic) bond motifs is 4. The van der Waals surface area contributed by atoms with Crippen molar-refractivity contribution in [3.63, 3.8) is 0 Å². The summed E-state index contributed by atoms with van der Waals surface area (Å²) >= 11 is 0. The third-order valence-electron chi connectivity index (χ3n) is 7.64. The van der Waals surface area contributed by atoms with Crippen LogP contribution in [-0.2, 0) is 0 Å². The van der Waals surface area contributed by atoms with Crippen LogP contribution < -0.4 is 0 Å². The smallest absolute Gasteiger partial charge is 0.0179 e. The van der Waals surface area contributed by atoms with E-state index in [1.807, 2.05) is 0 Å². The molecule has 0 bridgehead atoms. The van der Waals surface area contributed by atoms with Crippen molar-refractivity contribution >= 4 is 0 Å². The van der Waals surface area contributed by atoms with Gasteiger partial charge in [0.15, 0.2) is 0 Å². The van der Waals surface area contributed by atoms with Crippen molar-refractivity contribution in [2.45, 2.75) is 48.0 Å². The molecule has 0 aromatic heterocycles. The van der Waals surface area contributed by atoms with Gasteiger partial charge in [0, 0.05) is 0 Å². The lowest BCUT2D eigenvalue weighted by Crippen LogP contribution is -2.85. The Labute approximate surface area is 88.5 Å². The first kappa shape index (κ1) is 9.24. The van der Waals surface area contributed by atoms with Gasteiger partial charge in [-0.05, 0) is 46.3 Å². The van der Waals surface area contributed by atoms with Crippen LogP contribution in [0.5, 0.6) is 0 Å². The van der Waals surface area contributed by atoms with Gasteiger partial charge in [-0.3, -0.25) is 0 Å². The molecule has 0 saturated heterocycles. The molecule has 3 saturated carbocycles. The third kappa shape index (κ3) is 0.498. The zero-order valence-corrected chi connectivity index (χ0v) is 10.5. The monoisotopic (exact) mass is 192 g/mol. The van der Waals surface area contributed by atoms with E-state index >= 15 is 0 Å². The molecule has 0 aliphatic heterocycles. The summed E-state index contributed by atoms with van der Waals surface area (Å²) in [5.41, 5.74) is 1.92. The van der Waals surface area contributed by atoms with Crippen molar-refractivity contribution in [2.75, 3.05) is 0 Å². The summed E-state index contributed by atoms with van der Waals surface area (Å²) in [4.78, 5) is 0. The van der Waals surface area contributed by atoms with E-state index in [0.717, 1.165) is 23.7 Å². The molecule has 3 rings (SSSR count). The Hall–Kier alpha value is 0. The van der Waals surface area contributed by atoms with E-state index in [1.54, 1.807) is 0 Å². The largest absolute Gasteiger partial charge is 0.0619 e. The molecule has 0 aromatic carbocycles. The fourth-order valence-electron chi connectivity index (χ4n) is 5.96. The Balaban J connectivity index is 2.02. The molecule has 3 fully saturated rings. The minimum atomic E-state index is 0.581. The molecule has 0 radical (unpaired) electrons. The summed E-state index contributed by atoms with van der Waals surface area (Å²) < 4.78 is 0. The minimum Gasteiger partial charge on any atom is -0.0619 e. The van der Waals surface area contributed by atoms with Crippen LogP contribution in [0.25, 0.3) is 0 Å². The Morgan fingerprint density at radius 3 is 2.07 bits per heavy atom. The number of hydrogen-bond acceptors (Lipinski definition) is 0. The first-order chi connectivity index (χ1) is 6.29. The molecule has 0 spiro atoms. The number of rotatable bonds is 0. The second-order valence-electron chi connectivity index (χ2n) is 7.26. The Morgan fingerprint density at radius 1 is 1.00 bits per heavy atom. The van der Waals surface area contributed by atoms with Crippen LogP contribution in [0.2, 0.25) is 0 Å². The Morgan fingerprint density at radius 2 is 1.57 bits per heavy atom. The predicted molar refractivity (Wildman–Crippen MR) is 59.9 cm³/mol. The lowest BCUT2D eigenvalue weighted by molar-refractivity contribution is -0.423. The zero-order valence-electron chi connectivity index (χ0n) is 10.5. The molecule has 3 aliphatic rings. The van der Waals surface area contributed by atoms with Crippen LogP contribution in [-0.4, -0.2) is 0 Å². The van der Waals surface area contributed by atoms with Gasteiger partial charge in [-0.1, -0.05) is 41.5 Å². The number of hydrogen-bond donors (Lipinski definition) is 0. The molecule has 6 unspecified atom stereocenters. The molecule has 3 aliphatic carbocycles. The van der Waals surface area contributed by atoms with E-state index in [-0.39, 0.29) is 0 Å². The summed E-state index contributed by atoms with van der Waals surface area (Å²) in [6.45, 7) is 15.1. The van der Waals surface area contributed by atoms with Crippen LogP contribution >= 0.6 is 0 Å². The highest BCUT2D eigenvalue weighted by Crippen LogP contribution is 2.89. The summed E-state index contributed by atoms with van der Waals surface area (Å²) in [5, 5.41) is 0. The highest BCUT2D eigenvalue weighted by molar-refractivity contribution is 5.32. The predicted octanol–water partition coefficient (Wildman–Crippen LogP) is 3.96. The van der Waals surface area contributed by atoms with E-state index in [2.05, 4.69) is 41.5 Å². The molecule has 0 N–H and O–H groups in total. The van der Waals surface area contributed by atoms with Crippen molar-refractivity contribution < 1.29 is 0 Å². The molecule has 6 atom stereocenters. The van der Waals surface area contributed by atoms with Gasteiger partial charge in [-0.2, -0.15) is 0 Å². The average molecular weight is 192 g/mol. The lowest BCUT2D eigenvalue weighted by atomic mass is 9.15. The second-order valence-corrected chi connectivity index (χ2v) is 7.26. The average Bonchev–Trinajstić information content (AvgIpc) is 2.14. The molecule has 0 heteroatoms.